The van der Waals surface area contributed by atoms with Gasteiger partial charge in [-0.2, -0.15) is 13.2 Å². The van der Waals surface area contributed by atoms with Crippen LogP contribution < -0.4 is 10.1 Å². The molecule has 2 aromatic rings. The zero-order valence-electron chi connectivity index (χ0n) is 15.7. The molecule has 1 saturated heterocycles. The number of hydrogen-bond acceptors (Lipinski definition) is 3. The Morgan fingerprint density at radius 1 is 1.23 bits per heavy atom. The second kappa shape index (κ2) is 8.66. The van der Waals surface area contributed by atoms with E-state index in [1.165, 1.54) is 4.57 Å². The highest BCUT2D eigenvalue weighted by atomic mass is 19.4. The predicted molar refractivity (Wildman–Crippen MR) is 98.1 cm³/mol. The normalized spacial score (nSPS) is 15.5. The maximum atomic E-state index is 12.9. The highest BCUT2D eigenvalue weighted by molar-refractivity contribution is 5.96. The van der Waals surface area contributed by atoms with Crippen LogP contribution >= 0.6 is 0 Å². The van der Waals surface area contributed by atoms with Crippen LogP contribution in [0.2, 0.25) is 0 Å². The van der Waals surface area contributed by atoms with Gasteiger partial charge in [-0.05, 0) is 38.0 Å². The lowest BCUT2D eigenvalue weighted by molar-refractivity contribution is -0.140. The van der Waals surface area contributed by atoms with Crippen molar-refractivity contribution in [2.45, 2.75) is 52.4 Å². The number of rotatable bonds is 4. The number of nitrogens with one attached hydrogen (secondary N) is 1. The quantitative estimate of drug-likeness (QED) is 0.807. The van der Waals surface area contributed by atoms with Gasteiger partial charge in [-0.3, -0.25) is 0 Å². The first-order chi connectivity index (χ1) is 12.4. The third kappa shape index (κ3) is 4.63. The molecule has 0 unspecified atom stereocenters. The number of aromatic nitrogens is 1. The van der Waals surface area contributed by atoms with Crippen molar-refractivity contribution >= 4 is 16.6 Å². The molecule has 0 aliphatic carbocycles. The van der Waals surface area contributed by atoms with Crippen LogP contribution in [0, 0.1) is 6.92 Å². The molecule has 1 aromatic carbocycles. The first-order valence-corrected chi connectivity index (χ1v) is 8.97. The number of fused-ring (bicyclic) bond motifs is 1. The van der Waals surface area contributed by atoms with E-state index in [1.807, 2.05) is 13.8 Å². The average Bonchev–Trinajstić information content (AvgIpc) is 2.93. The number of nitrogens with zero attached hydrogens (tertiary/aromatic N) is 1. The Bertz CT molecular complexity index is 720. The molecule has 0 saturated carbocycles. The predicted octanol–water partition coefficient (Wildman–Crippen LogP) is 5.14. The first kappa shape index (κ1) is 20.4. The Hall–Kier alpha value is -1.89. The number of anilines is 1. The SMILES string of the molecule is CC.COc1ccc2c(cc(C)n2CC(F)(F)F)c1NC1CCOCC1. The third-order valence-electron chi connectivity index (χ3n) is 4.38. The Balaban J connectivity index is 0.00000117. The van der Waals surface area contributed by atoms with Gasteiger partial charge in [0.1, 0.15) is 12.3 Å². The summed E-state index contributed by atoms with van der Waals surface area (Å²) in [5.41, 5.74) is 1.89. The molecule has 3 rings (SSSR count). The van der Waals surface area contributed by atoms with Crippen molar-refractivity contribution in [3.63, 3.8) is 0 Å². The molecule has 1 aliphatic rings. The Kier molecular flexibility index (Phi) is 6.81. The minimum absolute atomic E-state index is 0.226. The number of aryl methyl sites for hydroxylation is 1. The van der Waals surface area contributed by atoms with Gasteiger partial charge in [0.05, 0.1) is 18.3 Å². The zero-order chi connectivity index (χ0) is 19.3. The monoisotopic (exact) mass is 372 g/mol. The van der Waals surface area contributed by atoms with Gasteiger partial charge < -0.3 is 19.4 Å². The second-order valence-electron chi connectivity index (χ2n) is 6.09. The molecule has 1 aromatic heterocycles. The number of methoxy groups -OCH3 is 1. The van der Waals surface area contributed by atoms with Crippen molar-refractivity contribution in [1.29, 1.82) is 0 Å². The molecule has 4 nitrogen and oxygen atoms in total. The minimum atomic E-state index is -4.26. The van der Waals surface area contributed by atoms with Crippen LogP contribution in [0.4, 0.5) is 18.9 Å². The molecule has 0 radical (unpaired) electrons. The molecule has 0 amide bonds. The smallest absolute Gasteiger partial charge is 0.406 e. The van der Waals surface area contributed by atoms with Crippen molar-refractivity contribution in [2.75, 3.05) is 25.6 Å². The van der Waals surface area contributed by atoms with Gasteiger partial charge in [-0.25, -0.2) is 0 Å². The summed E-state index contributed by atoms with van der Waals surface area (Å²) in [6.45, 7) is 6.07. The fourth-order valence-corrected chi connectivity index (χ4v) is 3.20. The molecular formula is C19H27F3N2O2. The van der Waals surface area contributed by atoms with Crippen LogP contribution in [-0.2, 0) is 11.3 Å². The van der Waals surface area contributed by atoms with E-state index in [4.69, 9.17) is 9.47 Å². The second-order valence-corrected chi connectivity index (χ2v) is 6.09. The summed E-state index contributed by atoms with van der Waals surface area (Å²) < 4.78 is 50.7. The van der Waals surface area contributed by atoms with Gasteiger partial charge in [-0.1, -0.05) is 13.8 Å². The van der Waals surface area contributed by atoms with E-state index < -0.39 is 12.7 Å². The van der Waals surface area contributed by atoms with E-state index in [9.17, 15) is 13.2 Å². The average molecular weight is 372 g/mol. The van der Waals surface area contributed by atoms with Crippen LogP contribution in [-0.4, -0.2) is 37.1 Å². The van der Waals surface area contributed by atoms with Crippen LogP contribution in [0.15, 0.2) is 18.2 Å². The topological polar surface area (TPSA) is 35.4 Å². The summed E-state index contributed by atoms with van der Waals surface area (Å²) in [7, 11) is 1.57. The maximum Gasteiger partial charge on any atom is 0.406 e. The van der Waals surface area contributed by atoms with Gasteiger partial charge in [0.25, 0.3) is 0 Å². The lowest BCUT2D eigenvalue weighted by Crippen LogP contribution is -2.28. The maximum absolute atomic E-state index is 12.9. The molecular weight excluding hydrogens is 345 g/mol. The number of hydrogen-bond donors (Lipinski definition) is 1. The Labute approximate surface area is 152 Å². The van der Waals surface area contributed by atoms with Crippen LogP contribution in [0.3, 0.4) is 0 Å². The Morgan fingerprint density at radius 3 is 2.46 bits per heavy atom. The number of halogens is 3. The number of benzene rings is 1. The van der Waals surface area contributed by atoms with E-state index in [2.05, 4.69) is 5.32 Å². The van der Waals surface area contributed by atoms with Crippen LogP contribution in [0.1, 0.15) is 32.4 Å². The van der Waals surface area contributed by atoms with Crippen molar-refractivity contribution in [2.24, 2.45) is 0 Å². The van der Waals surface area contributed by atoms with E-state index in [-0.39, 0.29) is 6.04 Å². The zero-order valence-corrected chi connectivity index (χ0v) is 15.7. The summed E-state index contributed by atoms with van der Waals surface area (Å²) in [5.74, 6) is 0.637. The molecule has 26 heavy (non-hydrogen) atoms. The third-order valence-corrected chi connectivity index (χ3v) is 4.38. The molecule has 0 bridgehead atoms. The molecule has 1 aliphatic heterocycles. The fraction of sp³-hybridized carbons (Fsp3) is 0.579. The standard InChI is InChI=1S/C17H21F3N2O2.C2H6/c1-11-9-13-14(22(11)10-17(18,19)20)3-4-15(23-2)16(13)21-12-5-7-24-8-6-12;1-2/h3-4,9,12,21H,5-8,10H2,1-2H3;1-2H3. The van der Waals surface area contributed by atoms with E-state index in [1.54, 1.807) is 32.2 Å². The van der Waals surface area contributed by atoms with Crippen molar-refractivity contribution in [1.82, 2.24) is 4.57 Å². The summed E-state index contributed by atoms with van der Waals surface area (Å²) >= 11 is 0. The number of alkyl halides is 3. The minimum Gasteiger partial charge on any atom is -0.495 e. The lowest BCUT2D eigenvalue weighted by Gasteiger charge is -2.25. The highest BCUT2D eigenvalue weighted by Crippen LogP contribution is 2.37. The first-order valence-electron chi connectivity index (χ1n) is 8.97. The molecule has 0 atom stereocenters. The van der Waals surface area contributed by atoms with Gasteiger partial charge in [0.2, 0.25) is 0 Å². The fourth-order valence-electron chi connectivity index (χ4n) is 3.20. The highest BCUT2D eigenvalue weighted by Gasteiger charge is 2.30. The van der Waals surface area contributed by atoms with Crippen LogP contribution in [0.5, 0.6) is 5.75 Å². The van der Waals surface area contributed by atoms with E-state index in [0.29, 0.717) is 30.2 Å². The summed E-state index contributed by atoms with van der Waals surface area (Å²) in [5, 5.41) is 4.20. The largest absolute Gasteiger partial charge is 0.495 e. The molecule has 0 spiro atoms. The van der Waals surface area contributed by atoms with E-state index >= 15 is 0 Å². The molecule has 1 fully saturated rings. The van der Waals surface area contributed by atoms with Crippen LogP contribution in [0.25, 0.3) is 10.9 Å². The Morgan fingerprint density at radius 2 is 1.88 bits per heavy atom. The molecule has 1 N–H and O–H groups in total. The van der Waals surface area contributed by atoms with Crippen molar-refractivity contribution in [3.05, 3.63) is 23.9 Å². The van der Waals surface area contributed by atoms with Gasteiger partial charge >= 0.3 is 6.18 Å². The lowest BCUT2D eigenvalue weighted by atomic mass is 10.1. The van der Waals surface area contributed by atoms with Crippen molar-refractivity contribution < 1.29 is 22.6 Å². The molecule has 7 heteroatoms. The van der Waals surface area contributed by atoms with Crippen molar-refractivity contribution in [3.8, 4) is 5.75 Å². The number of ether oxygens (including phenoxy) is 2. The molecule has 2 heterocycles. The summed E-state index contributed by atoms with van der Waals surface area (Å²) in [4.78, 5) is 0. The summed E-state index contributed by atoms with van der Waals surface area (Å²) in [6, 6.07) is 5.41. The van der Waals surface area contributed by atoms with Gasteiger partial charge in [-0.15, -0.1) is 0 Å². The van der Waals surface area contributed by atoms with Gasteiger partial charge in [0.15, 0.2) is 0 Å². The molecule has 146 valence electrons. The van der Waals surface area contributed by atoms with Gasteiger partial charge in [0, 0.05) is 30.3 Å². The summed E-state index contributed by atoms with van der Waals surface area (Å²) in [6.07, 6.45) is -2.53. The van der Waals surface area contributed by atoms with E-state index in [0.717, 1.165) is 23.9 Å².